The van der Waals surface area contributed by atoms with Crippen molar-refractivity contribution in [1.29, 1.82) is 0 Å². The van der Waals surface area contributed by atoms with E-state index in [9.17, 15) is 4.79 Å². The maximum Gasteiger partial charge on any atom is 0.234 e. The Bertz CT molecular complexity index is 284. The molecule has 0 aromatic carbocycles. The van der Waals surface area contributed by atoms with Gasteiger partial charge in [0.1, 0.15) is 0 Å². The van der Waals surface area contributed by atoms with Gasteiger partial charge < -0.3 is 15.2 Å². The van der Waals surface area contributed by atoms with Crippen LogP contribution in [-0.4, -0.2) is 35.2 Å². The summed E-state index contributed by atoms with van der Waals surface area (Å²) in [6.45, 7) is 4.81. The molecular formula is C9H16N4O2. The molecule has 1 rings (SSSR count). The molecule has 1 amide bonds. The van der Waals surface area contributed by atoms with Crippen molar-refractivity contribution in [2.75, 3.05) is 13.1 Å². The minimum Gasteiger partial charge on any atom is -0.353 e. The van der Waals surface area contributed by atoms with E-state index in [1.807, 2.05) is 13.8 Å². The van der Waals surface area contributed by atoms with Crippen LogP contribution in [0, 0.1) is 0 Å². The summed E-state index contributed by atoms with van der Waals surface area (Å²) in [6.07, 6.45) is 2.00. The van der Waals surface area contributed by atoms with Crippen molar-refractivity contribution in [3.63, 3.8) is 0 Å². The Morgan fingerprint density at radius 3 is 3.00 bits per heavy atom. The maximum absolute atomic E-state index is 11.2. The molecule has 0 aliphatic rings. The van der Waals surface area contributed by atoms with Gasteiger partial charge >= 0.3 is 0 Å². The first kappa shape index (κ1) is 11.6. The van der Waals surface area contributed by atoms with Gasteiger partial charge in [0.05, 0.1) is 6.54 Å². The molecule has 0 bridgehead atoms. The van der Waals surface area contributed by atoms with E-state index in [1.54, 1.807) is 0 Å². The topological polar surface area (TPSA) is 80.0 Å². The highest BCUT2D eigenvalue weighted by Gasteiger charge is 2.03. The third kappa shape index (κ3) is 5.11. The fraction of sp³-hybridized carbons (Fsp3) is 0.667. The van der Waals surface area contributed by atoms with Crippen molar-refractivity contribution < 1.29 is 9.32 Å². The largest absolute Gasteiger partial charge is 0.353 e. The quantitative estimate of drug-likeness (QED) is 0.634. The molecular weight excluding hydrogens is 196 g/mol. The van der Waals surface area contributed by atoms with Gasteiger partial charge in [-0.3, -0.25) is 4.79 Å². The Morgan fingerprint density at radius 2 is 2.40 bits per heavy atom. The maximum atomic E-state index is 11.2. The lowest BCUT2D eigenvalue weighted by Gasteiger charge is -2.08. The first-order chi connectivity index (χ1) is 7.18. The average molecular weight is 212 g/mol. The standard InChI is InChI=1S/C9H16N4O2/c1-7(2)13-8(14)5-10-4-3-9-11-6-12-15-9/h6-7,10H,3-5H2,1-2H3,(H,13,14). The summed E-state index contributed by atoms with van der Waals surface area (Å²) in [7, 11) is 0. The zero-order chi connectivity index (χ0) is 11.1. The van der Waals surface area contributed by atoms with Crippen molar-refractivity contribution in [3.8, 4) is 0 Å². The highest BCUT2D eigenvalue weighted by Crippen LogP contribution is 1.89. The molecule has 0 saturated heterocycles. The second-order valence-electron chi connectivity index (χ2n) is 3.48. The number of nitrogens with zero attached hydrogens (tertiary/aromatic N) is 2. The van der Waals surface area contributed by atoms with Crippen LogP contribution in [0.1, 0.15) is 19.7 Å². The van der Waals surface area contributed by atoms with Gasteiger partial charge in [0.25, 0.3) is 0 Å². The zero-order valence-electron chi connectivity index (χ0n) is 8.99. The van der Waals surface area contributed by atoms with Crippen molar-refractivity contribution in [1.82, 2.24) is 20.8 Å². The lowest BCUT2D eigenvalue weighted by atomic mass is 10.4. The molecule has 0 unspecified atom stereocenters. The molecule has 0 fully saturated rings. The monoisotopic (exact) mass is 212 g/mol. The molecule has 0 aliphatic carbocycles. The minimum atomic E-state index is -0.00414. The number of aromatic nitrogens is 2. The van der Waals surface area contributed by atoms with E-state index in [1.165, 1.54) is 6.33 Å². The van der Waals surface area contributed by atoms with Gasteiger partial charge in [-0.15, -0.1) is 0 Å². The van der Waals surface area contributed by atoms with Gasteiger partial charge in [-0.1, -0.05) is 5.16 Å². The summed E-state index contributed by atoms with van der Waals surface area (Å²) in [5.41, 5.74) is 0. The molecule has 1 heterocycles. The van der Waals surface area contributed by atoms with E-state index >= 15 is 0 Å². The molecule has 84 valence electrons. The van der Waals surface area contributed by atoms with Crippen molar-refractivity contribution in [2.24, 2.45) is 0 Å². The number of carbonyl (C=O) groups is 1. The molecule has 6 heteroatoms. The van der Waals surface area contributed by atoms with Crippen LogP contribution in [0.4, 0.5) is 0 Å². The molecule has 1 aromatic rings. The van der Waals surface area contributed by atoms with Crippen LogP contribution >= 0.6 is 0 Å². The molecule has 0 saturated carbocycles. The predicted molar refractivity (Wildman–Crippen MR) is 54.2 cm³/mol. The Hall–Kier alpha value is -1.43. The number of nitrogens with one attached hydrogen (secondary N) is 2. The third-order valence-corrected chi connectivity index (χ3v) is 1.66. The Morgan fingerprint density at radius 1 is 1.60 bits per heavy atom. The van der Waals surface area contributed by atoms with Crippen LogP contribution in [0.15, 0.2) is 10.9 Å². The summed E-state index contributed by atoms with van der Waals surface area (Å²) in [6, 6.07) is 0.176. The lowest BCUT2D eigenvalue weighted by molar-refractivity contribution is -0.120. The fourth-order valence-corrected chi connectivity index (χ4v) is 1.08. The number of amides is 1. The van der Waals surface area contributed by atoms with Gasteiger partial charge in [0, 0.05) is 19.0 Å². The van der Waals surface area contributed by atoms with E-state index in [0.717, 1.165) is 0 Å². The number of hydrogen-bond acceptors (Lipinski definition) is 5. The Kier molecular flexibility index (Phi) is 4.76. The molecule has 0 aliphatic heterocycles. The second-order valence-corrected chi connectivity index (χ2v) is 3.48. The fourth-order valence-electron chi connectivity index (χ4n) is 1.08. The highest BCUT2D eigenvalue weighted by atomic mass is 16.5. The summed E-state index contributed by atoms with van der Waals surface area (Å²) in [5.74, 6) is 0.572. The van der Waals surface area contributed by atoms with Crippen LogP contribution in [0.25, 0.3) is 0 Å². The van der Waals surface area contributed by atoms with Crippen LogP contribution in [-0.2, 0) is 11.2 Å². The molecule has 0 atom stereocenters. The van der Waals surface area contributed by atoms with Crippen molar-refractivity contribution >= 4 is 5.91 Å². The van der Waals surface area contributed by atoms with Crippen molar-refractivity contribution in [3.05, 3.63) is 12.2 Å². The Balaban J connectivity index is 2.04. The van der Waals surface area contributed by atoms with E-state index in [-0.39, 0.29) is 11.9 Å². The number of carbonyl (C=O) groups excluding carboxylic acids is 1. The summed E-state index contributed by atoms with van der Waals surface area (Å²) in [5, 5.41) is 9.25. The van der Waals surface area contributed by atoms with Gasteiger partial charge in [0.2, 0.25) is 11.8 Å². The SMILES string of the molecule is CC(C)NC(=O)CNCCc1ncno1. The van der Waals surface area contributed by atoms with E-state index < -0.39 is 0 Å². The van der Waals surface area contributed by atoms with E-state index in [4.69, 9.17) is 4.52 Å². The smallest absolute Gasteiger partial charge is 0.234 e. The Labute approximate surface area is 88.4 Å². The third-order valence-electron chi connectivity index (χ3n) is 1.66. The van der Waals surface area contributed by atoms with Gasteiger partial charge in [-0.2, -0.15) is 4.98 Å². The van der Waals surface area contributed by atoms with E-state index in [0.29, 0.717) is 25.4 Å². The summed E-state index contributed by atoms with van der Waals surface area (Å²) in [4.78, 5) is 15.1. The van der Waals surface area contributed by atoms with Gasteiger partial charge in [-0.05, 0) is 13.8 Å². The van der Waals surface area contributed by atoms with E-state index in [2.05, 4.69) is 20.8 Å². The number of hydrogen-bond donors (Lipinski definition) is 2. The lowest BCUT2D eigenvalue weighted by Crippen LogP contribution is -2.38. The molecule has 15 heavy (non-hydrogen) atoms. The number of rotatable bonds is 6. The minimum absolute atomic E-state index is 0.00414. The first-order valence-electron chi connectivity index (χ1n) is 4.94. The van der Waals surface area contributed by atoms with Crippen LogP contribution in [0.5, 0.6) is 0 Å². The molecule has 0 spiro atoms. The molecule has 6 nitrogen and oxygen atoms in total. The average Bonchev–Trinajstić information content (AvgIpc) is 2.63. The van der Waals surface area contributed by atoms with Crippen LogP contribution in [0.2, 0.25) is 0 Å². The highest BCUT2D eigenvalue weighted by molar-refractivity contribution is 5.78. The molecule has 2 N–H and O–H groups in total. The van der Waals surface area contributed by atoms with Gasteiger partial charge in [-0.25, -0.2) is 0 Å². The second kappa shape index (κ2) is 6.13. The molecule has 1 aromatic heterocycles. The van der Waals surface area contributed by atoms with Crippen molar-refractivity contribution in [2.45, 2.75) is 26.3 Å². The molecule has 0 radical (unpaired) electrons. The first-order valence-corrected chi connectivity index (χ1v) is 4.94. The van der Waals surface area contributed by atoms with Crippen LogP contribution < -0.4 is 10.6 Å². The summed E-state index contributed by atoms with van der Waals surface area (Å²) >= 11 is 0. The van der Waals surface area contributed by atoms with Crippen LogP contribution in [0.3, 0.4) is 0 Å². The normalized spacial score (nSPS) is 10.6. The predicted octanol–water partition coefficient (Wildman–Crippen LogP) is -0.274. The van der Waals surface area contributed by atoms with Gasteiger partial charge in [0.15, 0.2) is 6.33 Å². The summed E-state index contributed by atoms with van der Waals surface area (Å²) < 4.78 is 4.80. The zero-order valence-corrected chi connectivity index (χ0v) is 8.99.